The van der Waals surface area contributed by atoms with Crippen molar-refractivity contribution in [2.45, 2.75) is 25.8 Å². The van der Waals surface area contributed by atoms with Crippen LogP contribution in [-0.4, -0.2) is 18.8 Å². The van der Waals surface area contributed by atoms with Crippen LogP contribution in [0.4, 0.5) is 8.78 Å². The van der Waals surface area contributed by atoms with Gasteiger partial charge in [0.2, 0.25) is 0 Å². The van der Waals surface area contributed by atoms with E-state index in [1.165, 1.54) is 12.1 Å². The van der Waals surface area contributed by atoms with E-state index in [1.54, 1.807) is 6.92 Å². The standard InChI is InChI=1S/C12H17F2NO/c1-3-16-8-12(2,15)7-9-4-5-10(13)6-11(9)14/h4-6H,3,7-8,15H2,1-2H3. The fraction of sp³-hybridized carbons (Fsp3) is 0.500. The molecule has 0 aliphatic heterocycles. The third kappa shape index (κ3) is 3.87. The summed E-state index contributed by atoms with van der Waals surface area (Å²) in [7, 11) is 0. The van der Waals surface area contributed by atoms with E-state index >= 15 is 0 Å². The molecular weight excluding hydrogens is 212 g/mol. The average molecular weight is 229 g/mol. The Bertz CT molecular complexity index is 353. The molecule has 0 aliphatic rings. The summed E-state index contributed by atoms with van der Waals surface area (Å²) in [5, 5.41) is 0. The molecule has 0 bridgehead atoms. The molecule has 1 aromatic rings. The van der Waals surface area contributed by atoms with Crippen molar-refractivity contribution in [2.24, 2.45) is 5.73 Å². The van der Waals surface area contributed by atoms with E-state index in [0.29, 0.717) is 25.2 Å². The Morgan fingerprint density at radius 2 is 2.06 bits per heavy atom. The summed E-state index contributed by atoms with van der Waals surface area (Å²) in [4.78, 5) is 0. The number of hydrogen-bond acceptors (Lipinski definition) is 2. The zero-order valence-electron chi connectivity index (χ0n) is 9.59. The van der Waals surface area contributed by atoms with Crippen molar-refractivity contribution >= 4 is 0 Å². The molecule has 0 heterocycles. The van der Waals surface area contributed by atoms with Crippen molar-refractivity contribution < 1.29 is 13.5 Å². The van der Waals surface area contributed by atoms with Gasteiger partial charge in [-0.05, 0) is 31.9 Å². The SMILES string of the molecule is CCOCC(C)(N)Cc1ccc(F)cc1F. The van der Waals surface area contributed by atoms with Crippen molar-refractivity contribution in [1.82, 2.24) is 0 Å². The predicted octanol–water partition coefficient (Wildman–Crippen LogP) is 2.26. The lowest BCUT2D eigenvalue weighted by Gasteiger charge is -2.24. The van der Waals surface area contributed by atoms with Gasteiger partial charge in [-0.25, -0.2) is 8.78 Å². The van der Waals surface area contributed by atoms with Crippen molar-refractivity contribution in [3.05, 3.63) is 35.4 Å². The molecule has 2 N–H and O–H groups in total. The predicted molar refractivity (Wildman–Crippen MR) is 59.1 cm³/mol. The van der Waals surface area contributed by atoms with Gasteiger partial charge >= 0.3 is 0 Å². The van der Waals surface area contributed by atoms with Gasteiger partial charge in [0, 0.05) is 18.2 Å². The molecule has 0 radical (unpaired) electrons. The van der Waals surface area contributed by atoms with Crippen LogP contribution >= 0.6 is 0 Å². The highest BCUT2D eigenvalue weighted by Gasteiger charge is 2.21. The first-order valence-corrected chi connectivity index (χ1v) is 5.25. The molecule has 0 aliphatic carbocycles. The lowest BCUT2D eigenvalue weighted by molar-refractivity contribution is 0.101. The molecule has 4 heteroatoms. The van der Waals surface area contributed by atoms with Crippen LogP contribution in [0.25, 0.3) is 0 Å². The molecule has 16 heavy (non-hydrogen) atoms. The maximum Gasteiger partial charge on any atom is 0.129 e. The molecule has 0 spiro atoms. The van der Waals surface area contributed by atoms with Crippen LogP contribution in [0.5, 0.6) is 0 Å². The highest BCUT2D eigenvalue weighted by molar-refractivity contribution is 5.20. The van der Waals surface area contributed by atoms with Crippen LogP contribution in [0.15, 0.2) is 18.2 Å². The van der Waals surface area contributed by atoms with Crippen molar-refractivity contribution in [3.63, 3.8) is 0 Å². The summed E-state index contributed by atoms with van der Waals surface area (Å²) in [5.74, 6) is -1.14. The molecule has 0 fully saturated rings. The van der Waals surface area contributed by atoms with Gasteiger partial charge in [-0.3, -0.25) is 0 Å². The minimum Gasteiger partial charge on any atom is -0.380 e. The lowest BCUT2D eigenvalue weighted by atomic mass is 9.94. The van der Waals surface area contributed by atoms with Crippen LogP contribution in [-0.2, 0) is 11.2 Å². The van der Waals surface area contributed by atoms with E-state index in [-0.39, 0.29) is 0 Å². The summed E-state index contributed by atoms with van der Waals surface area (Å²) in [6, 6.07) is 3.52. The second-order valence-corrected chi connectivity index (χ2v) is 4.20. The first-order chi connectivity index (χ1) is 7.44. The van der Waals surface area contributed by atoms with Crippen molar-refractivity contribution in [2.75, 3.05) is 13.2 Å². The molecule has 1 atom stereocenters. The van der Waals surface area contributed by atoms with Gasteiger partial charge in [-0.1, -0.05) is 6.07 Å². The zero-order valence-corrected chi connectivity index (χ0v) is 9.59. The molecule has 1 aromatic carbocycles. The Kier molecular flexibility index (Phi) is 4.38. The largest absolute Gasteiger partial charge is 0.380 e. The van der Waals surface area contributed by atoms with Crippen LogP contribution in [0, 0.1) is 11.6 Å². The smallest absolute Gasteiger partial charge is 0.129 e. The van der Waals surface area contributed by atoms with E-state index in [0.717, 1.165) is 6.07 Å². The van der Waals surface area contributed by atoms with Gasteiger partial charge in [-0.2, -0.15) is 0 Å². The quantitative estimate of drug-likeness (QED) is 0.840. The molecule has 0 saturated heterocycles. The zero-order chi connectivity index (χ0) is 12.2. The second kappa shape index (κ2) is 5.37. The van der Waals surface area contributed by atoms with Crippen LogP contribution in [0.1, 0.15) is 19.4 Å². The molecular formula is C12H17F2NO. The Balaban J connectivity index is 2.71. The molecule has 1 rings (SSSR count). The molecule has 0 saturated carbocycles. The van der Waals surface area contributed by atoms with E-state index in [9.17, 15) is 8.78 Å². The maximum atomic E-state index is 13.4. The molecule has 0 amide bonds. The number of halogens is 2. The van der Waals surface area contributed by atoms with Crippen LogP contribution in [0.3, 0.4) is 0 Å². The Morgan fingerprint density at radius 1 is 1.38 bits per heavy atom. The monoisotopic (exact) mass is 229 g/mol. The first-order valence-electron chi connectivity index (χ1n) is 5.25. The highest BCUT2D eigenvalue weighted by atomic mass is 19.1. The summed E-state index contributed by atoms with van der Waals surface area (Å²) < 4.78 is 31.3. The minimum atomic E-state index is -0.644. The molecule has 90 valence electrons. The third-order valence-electron chi connectivity index (χ3n) is 2.25. The number of rotatable bonds is 5. The Morgan fingerprint density at radius 3 is 2.62 bits per heavy atom. The average Bonchev–Trinajstić information content (AvgIpc) is 2.19. The van der Waals surface area contributed by atoms with Crippen LogP contribution in [0.2, 0.25) is 0 Å². The topological polar surface area (TPSA) is 35.2 Å². The lowest BCUT2D eigenvalue weighted by Crippen LogP contribution is -2.43. The summed E-state index contributed by atoms with van der Waals surface area (Å²) in [5.41, 5.74) is 5.72. The van der Waals surface area contributed by atoms with Gasteiger partial charge in [-0.15, -0.1) is 0 Å². The van der Waals surface area contributed by atoms with Gasteiger partial charge in [0.15, 0.2) is 0 Å². The summed E-state index contributed by atoms with van der Waals surface area (Å²) in [6.45, 7) is 4.57. The van der Waals surface area contributed by atoms with E-state index in [4.69, 9.17) is 10.5 Å². The number of nitrogens with two attached hydrogens (primary N) is 1. The molecule has 2 nitrogen and oxygen atoms in total. The summed E-state index contributed by atoms with van der Waals surface area (Å²) >= 11 is 0. The minimum absolute atomic E-state index is 0.319. The molecule has 0 aromatic heterocycles. The maximum absolute atomic E-state index is 13.4. The summed E-state index contributed by atoms with van der Waals surface area (Å²) in [6.07, 6.45) is 0.319. The van der Waals surface area contributed by atoms with E-state index in [1.807, 2.05) is 6.92 Å². The van der Waals surface area contributed by atoms with Gasteiger partial charge in [0.05, 0.1) is 6.61 Å². The van der Waals surface area contributed by atoms with Crippen molar-refractivity contribution in [1.29, 1.82) is 0 Å². The van der Waals surface area contributed by atoms with Gasteiger partial charge in [0.25, 0.3) is 0 Å². The third-order valence-corrected chi connectivity index (χ3v) is 2.25. The van der Waals surface area contributed by atoms with Crippen LogP contribution < -0.4 is 5.73 Å². The number of hydrogen-bond donors (Lipinski definition) is 1. The van der Waals surface area contributed by atoms with E-state index < -0.39 is 17.2 Å². The highest BCUT2D eigenvalue weighted by Crippen LogP contribution is 2.16. The fourth-order valence-electron chi connectivity index (χ4n) is 1.49. The van der Waals surface area contributed by atoms with E-state index in [2.05, 4.69) is 0 Å². The van der Waals surface area contributed by atoms with Crippen molar-refractivity contribution in [3.8, 4) is 0 Å². The molecule has 1 unspecified atom stereocenters. The second-order valence-electron chi connectivity index (χ2n) is 4.20. The first kappa shape index (κ1) is 13.1. The fourth-order valence-corrected chi connectivity index (χ4v) is 1.49. The van der Waals surface area contributed by atoms with Gasteiger partial charge < -0.3 is 10.5 Å². The Labute approximate surface area is 94.4 Å². The number of benzene rings is 1. The normalized spacial score (nSPS) is 14.8. The number of ether oxygens (including phenoxy) is 1. The Hall–Kier alpha value is -1.00. The van der Waals surface area contributed by atoms with Gasteiger partial charge in [0.1, 0.15) is 11.6 Å².